The summed E-state index contributed by atoms with van der Waals surface area (Å²) in [6.07, 6.45) is 10.2. The van der Waals surface area contributed by atoms with E-state index in [-0.39, 0.29) is 17.8 Å². The number of phosphoric ester groups is 1. The Morgan fingerprint density at radius 3 is 2.68 bits per heavy atom. The van der Waals surface area contributed by atoms with Gasteiger partial charge in [-0.3, -0.25) is 28.8 Å². The summed E-state index contributed by atoms with van der Waals surface area (Å²) in [4.78, 5) is 53.9. The number of carboxylic acids is 1. The number of hydrogen-bond donors (Lipinski definition) is 6. The highest BCUT2D eigenvalue weighted by atomic mass is 32.1. The Kier molecular flexibility index (Phi) is 13.9. The normalized spacial score (nSPS) is 16.6. The number of amides is 1. The lowest BCUT2D eigenvalue weighted by atomic mass is 9.89. The number of aromatic nitrogens is 6. The van der Waals surface area contributed by atoms with E-state index >= 15 is 0 Å². The zero-order valence-electron chi connectivity index (χ0n) is 27.5. The van der Waals surface area contributed by atoms with Crippen LogP contribution in [0.5, 0.6) is 0 Å². The number of carbonyl (C=O) groups excluding carboxylic acids is 1. The van der Waals surface area contributed by atoms with E-state index in [1.165, 1.54) is 28.4 Å². The topological polar surface area (TPSA) is 268 Å². The first-order valence-corrected chi connectivity index (χ1v) is 18.2. The lowest BCUT2D eigenvalue weighted by Gasteiger charge is -2.34. The second-order valence-corrected chi connectivity index (χ2v) is 13.2. The van der Waals surface area contributed by atoms with Gasteiger partial charge in [0.2, 0.25) is 0 Å². The zero-order chi connectivity index (χ0) is 36.3. The molecule has 270 valence electrons. The zero-order valence-corrected chi connectivity index (χ0v) is 29.2. The fraction of sp³-hybridized carbons (Fsp3) is 0.433. The number of nitrogens with zero attached hydrogens (tertiary/aromatic N) is 7. The molecule has 18 nitrogen and oxygen atoms in total. The Hall–Kier alpha value is -4.36. The molecule has 0 aromatic carbocycles. The van der Waals surface area contributed by atoms with Crippen molar-refractivity contribution in [3.05, 3.63) is 54.1 Å². The standard InChI is InChI=1S/C22H24N7O6PS.C8H17N3O2/c1-2-34-16-7-15(8-16)29-11-18(20(27-29)17-5-3-4-6-23-17)25-21(30)19-12-37-22(26-19)14-9-24-28(10-14)13-35-36(31,32)33;1-2-7(10)11-5-3-4-6(9)8(12)13/h3-6,9-12,15-16H,2,7-8,13H2,1H3,(H,25,30)(H2,31,32,33);6H,2-5,9H2,1H3,(H2,10,11)(H,12,13). The number of nitrogens with one attached hydrogen (secondary N) is 1. The average molecular weight is 733 g/mol. The van der Waals surface area contributed by atoms with Crippen LogP contribution in [0, 0.1) is 0 Å². The largest absolute Gasteiger partial charge is 0.480 e. The van der Waals surface area contributed by atoms with Crippen LogP contribution >= 0.6 is 19.2 Å². The van der Waals surface area contributed by atoms with Gasteiger partial charge < -0.3 is 36.4 Å². The number of phosphoric acid groups is 1. The van der Waals surface area contributed by atoms with E-state index in [9.17, 15) is 14.2 Å². The van der Waals surface area contributed by atoms with Crippen LogP contribution in [-0.2, 0) is 25.4 Å². The van der Waals surface area contributed by atoms with Gasteiger partial charge in [-0.25, -0.2) is 14.2 Å². The van der Waals surface area contributed by atoms with Crippen molar-refractivity contribution >= 4 is 42.6 Å². The van der Waals surface area contributed by atoms with Crippen LogP contribution in [0.15, 0.2) is 53.4 Å². The predicted molar refractivity (Wildman–Crippen MR) is 185 cm³/mol. The minimum Gasteiger partial charge on any atom is -0.480 e. The SMILES string of the molecule is CCC(N)=NCCCC(N)C(=O)O.CCOC1CC(n2cc(NC(=O)c3csc(-c4cnn(COP(=O)(O)O)c4)n3)c(-c3ccccn3)n2)C1. The number of amidine groups is 1. The summed E-state index contributed by atoms with van der Waals surface area (Å²) in [6, 6.07) is 4.91. The maximum atomic E-state index is 13.1. The molecule has 4 heterocycles. The Labute approximate surface area is 291 Å². The molecule has 1 amide bonds. The van der Waals surface area contributed by atoms with Crippen molar-refractivity contribution in [2.24, 2.45) is 16.5 Å². The summed E-state index contributed by atoms with van der Waals surface area (Å²) in [5, 5.41) is 22.2. The number of hydrogen-bond acceptors (Lipinski definition) is 12. The van der Waals surface area contributed by atoms with Crippen LogP contribution in [0.2, 0.25) is 0 Å². The van der Waals surface area contributed by atoms with Crippen LogP contribution in [0.25, 0.3) is 22.0 Å². The summed E-state index contributed by atoms with van der Waals surface area (Å²) in [7, 11) is -4.62. The molecule has 5 rings (SSSR count). The third-order valence-corrected chi connectivity index (χ3v) is 8.72. The molecule has 50 heavy (non-hydrogen) atoms. The number of aliphatic imine (C=N–C) groups is 1. The monoisotopic (exact) mass is 732 g/mol. The number of anilines is 1. The number of nitrogens with two attached hydrogens (primary N) is 2. The Balaban J connectivity index is 0.000000369. The maximum Gasteiger partial charge on any atom is 0.471 e. The quantitative estimate of drug-likeness (QED) is 0.0418. The van der Waals surface area contributed by atoms with Crippen LogP contribution < -0.4 is 16.8 Å². The van der Waals surface area contributed by atoms with Crippen molar-refractivity contribution in [1.82, 2.24) is 29.5 Å². The molecule has 4 aromatic heterocycles. The molecule has 1 aliphatic carbocycles. The Morgan fingerprint density at radius 1 is 1.24 bits per heavy atom. The van der Waals surface area contributed by atoms with E-state index in [4.69, 9.17) is 36.2 Å². The second-order valence-electron chi connectivity index (χ2n) is 11.1. The number of pyridine rings is 1. The number of ether oxygens (including phenoxy) is 1. The molecule has 0 spiro atoms. The fourth-order valence-electron chi connectivity index (χ4n) is 4.63. The van der Waals surface area contributed by atoms with Gasteiger partial charge in [-0.1, -0.05) is 13.0 Å². The average Bonchev–Trinajstić information content (AvgIpc) is 3.84. The minimum atomic E-state index is -4.62. The first-order valence-electron chi connectivity index (χ1n) is 15.8. The lowest BCUT2D eigenvalue weighted by Crippen LogP contribution is -2.33. The van der Waals surface area contributed by atoms with Crippen LogP contribution in [0.1, 0.15) is 62.5 Å². The lowest BCUT2D eigenvalue weighted by molar-refractivity contribution is -0.138. The highest BCUT2D eigenvalue weighted by Crippen LogP contribution is 2.37. The number of carboxylic acid groups (broad SMARTS) is 1. The van der Waals surface area contributed by atoms with Crippen LogP contribution in [0.4, 0.5) is 5.69 Å². The smallest absolute Gasteiger partial charge is 0.471 e. The van der Waals surface area contributed by atoms with E-state index < -0.39 is 32.5 Å². The molecular weight excluding hydrogens is 691 g/mol. The second kappa shape index (κ2) is 18.0. The highest BCUT2D eigenvalue weighted by Gasteiger charge is 2.33. The molecule has 1 aliphatic rings. The summed E-state index contributed by atoms with van der Waals surface area (Å²) in [5.41, 5.74) is 13.3. The number of aliphatic carboxylic acids is 1. The minimum absolute atomic E-state index is 0.182. The fourth-order valence-corrected chi connectivity index (χ4v) is 5.68. The number of thiazole rings is 1. The van der Waals surface area contributed by atoms with Gasteiger partial charge >= 0.3 is 13.8 Å². The number of rotatable bonds is 16. The highest BCUT2D eigenvalue weighted by molar-refractivity contribution is 7.46. The van der Waals surface area contributed by atoms with Crippen molar-refractivity contribution in [2.45, 2.75) is 70.9 Å². The van der Waals surface area contributed by atoms with Gasteiger partial charge in [-0.15, -0.1) is 11.3 Å². The van der Waals surface area contributed by atoms with E-state index in [0.717, 1.165) is 19.3 Å². The molecule has 0 radical (unpaired) electrons. The van der Waals surface area contributed by atoms with Gasteiger partial charge in [0.25, 0.3) is 5.91 Å². The number of carbonyl (C=O) groups is 2. The summed E-state index contributed by atoms with van der Waals surface area (Å²) >= 11 is 1.24. The first kappa shape index (κ1) is 38.4. The molecular formula is C30H41N10O8PS. The molecule has 0 aliphatic heterocycles. The predicted octanol–water partition coefficient (Wildman–Crippen LogP) is 3.27. The Morgan fingerprint density at radius 2 is 2.02 bits per heavy atom. The maximum absolute atomic E-state index is 13.1. The molecule has 1 atom stereocenters. The summed E-state index contributed by atoms with van der Waals surface area (Å²) < 4.78 is 24.1. The van der Waals surface area contributed by atoms with Crippen LogP contribution in [-0.4, -0.2) is 87.4 Å². The molecule has 20 heteroatoms. The van der Waals surface area contributed by atoms with E-state index in [1.807, 2.05) is 42.9 Å². The molecule has 1 saturated carbocycles. The van der Waals surface area contributed by atoms with Gasteiger partial charge in [-0.2, -0.15) is 10.2 Å². The van der Waals surface area contributed by atoms with Crippen molar-refractivity contribution in [3.63, 3.8) is 0 Å². The third kappa shape index (κ3) is 11.3. The summed E-state index contributed by atoms with van der Waals surface area (Å²) in [6.45, 7) is 4.71. The third-order valence-electron chi connectivity index (χ3n) is 7.38. The molecule has 0 bridgehead atoms. The van der Waals surface area contributed by atoms with Crippen LogP contribution in [0.3, 0.4) is 0 Å². The first-order chi connectivity index (χ1) is 23.9. The van der Waals surface area contributed by atoms with Gasteiger partial charge in [0, 0.05) is 49.1 Å². The van der Waals surface area contributed by atoms with Gasteiger partial charge in [-0.05, 0) is 44.7 Å². The van der Waals surface area contributed by atoms with E-state index in [1.54, 1.807) is 11.6 Å². The van der Waals surface area contributed by atoms with Gasteiger partial charge in [0.05, 0.1) is 35.6 Å². The molecule has 1 fully saturated rings. The summed E-state index contributed by atoms with van der Waals surface area (Å²) in [5.74, 6) is -0.770. The molecule has 1 unspecified atom stereocenters. The van der Waals surface area contributed by atoms with Gasteiger partial charge in [0.1, 0.15) is 22.4 Å². The molecule has 8 N–H and O–H groups in total. The van der Waals surface area contributed by atoms with Crippen molar-refractivity contribution in [1.29, 1.82) is 0 Å². The van der Waals surface area contributed by atoms with Crippen molar-refractivity contribution in [3.8, 4) is 22.0 Å². The molecule has 0 saturated heterocycles. The van der Waals surface area contributed by atoms with Crippen molar-refractivity contribution in [2.75, 3.05) is 18.5 Å². The van der Waals surface area contributed by atoms with Gasteiger partial charge in [0.15, 0.2) is 6.73 Å². The van der Waals surface area contributed by atoms with Crippen molar-refractivity contribution < 1.29 is 38.3 Å². The van der Waals surface area contributed by atoms with E-state index in [2.05, 4.69) is 29.9 Å². The van der Waals surface area contributed by atoms with E-state index in [0.29, 0.717) is 59.5 Å². The molecule has 4 aromatic rings. The Bertz CT molecular complexity index is 1780.